The van der Waals surface area contributed by atoms with Crippen LogP contribution < -0.4 is 10.6 Å². The van der Waals surface area contributed by atoms with Crippen LogP contribution in [0.5, 0.6) is 0 Å². The van der Waals surface area contributed by atoms with Gasteiger partial charge in [-0.2, -0.15) is 0 Å². The molecule has 142 valence electrons. The molecule has 1 aliphatic rings. The third-order valence-corrected chi connectivity index (χ3v) is 4.65. The van der Waals surface area contributed by atoms with Gasteiger partial charge in [0, 0.05) is 25.7 Å². The maximum absolute atomic E-state index is 13.4. The summed E-state index contributed by atoms with van der Waals surface area (Å²) in [6.07, 6.45) is 0.624. The zero-order valence-corrected chi connectivity index (χ0v) is 15.2. The Morgan fingerprint density at radius 1 is 1.15 bits per heavy atom. The van der Waals surface area contributed by atoms with Crippen LogP contribution in [0.2, 0.25) is 0 Å². The highest BCUT2D eigenvalue weighted by Crippen LogP contribution is 2.26. The van der Waals surface area contributed by atoms with Crippen molar-refractivity contribution < 1.29 is 18.4 Å². The molecule has 2 N–H and O–H groups in total. The molecule has 5 nitrogen and oxygen atoms in total. The summed E-state index contributed by atoms with van der Waals surface area (Å²) in [5, 5.41) is 5.63. The monoisotopic (exact) mass is 373 g/mol. The van der Waals surface area contributed by atoms with E-state index in [1.54, 1.807) is 11.8 Å². The third kappa shape index (κ3) is 4.24. The van der Waals surface area contributed by atoms with Crippen LogP contribution in [0.4, 0.5) is 19.3 Å². The number of nitrogens with zero attached hydrogens (tertiary/aromatic N) is 1. The summed E-state index contributed by atoms with van der Waals surface area (Å²) in [6.45, 7) is 4.10. The first-order chi connectivity index (χ1) is 12.8. The minimum atomic E-state index is -0.939. The fourth-order valence-corrected chi connectivity index (χ4v) is 3.23. The standard InChI is InChI=1S/C20H21F2N3O2/c1-12(14-6-7-17(21)18(22)10-14)23-20(27)25-9-8-16-15(11-25)4-3-5-19(16)24-13(2)26/h3-7,10,12H,8-9,11H2,1-2H3,(H,23,27)(H,24,26)/t12-/m0/s1. The van der Waals surface area contributed by atoms with E-state index in [0.29, 0.717) is 25.1 Å². The van der Waals surface area contributed by atoms with E-state index in [9.17, 15) is 18.4 Å². The van der Waals surface area contributed by atoms with E-state index >= 15 is 0 Å². The summed E-state index contributed by atoms with van der Waals surface area (Å²) in [5.41, 5.74) is 3.27. The van der Waals surface area contributed by atoms with Crippen molar-refractivity contribution in [3.8, 4) is 0 Å². The molecule has 3 amide bonds. The quantitative estimate of drug-likeness (QED) is 0.861. The Kier molecular flexibility index (Phi) is 5.39. The van der Waals surface area contributed by atoms with Gasteiger partial charge in [-0.05, 0) is 48.2 Å². The molecule has 2 aromatic rings. The smallest absolute Gasteiger partial charge is 0.318 e. The summed E-state index contributed by atoms with van der Waals surface area (Å²) < 4.78 is 26.5. The fraction of sp³-hybridized carbons (Fsp3) is 0.300. The summed E-state index contributed by atoms with van der Waals surface area (Å²) in [4.78, 5) is 25.6. The van der Waals surface area contributed by atoms with Gasteiger partial charge in [0.15, 0.2) is 11.6 Å². The van der Waals surface area contributed by atoms with Crippen LogP contribution in [0.15, 0.2) is 36.4 Å². The lowest BCUT2D eigenvalue weighted by Crippen LogP contribution is -2.43. The lowest BCUT2D eigenvalue weighted by atomic mass is 9.98. The van der Waals surface area contributed by atoms with Gasteiger partial charge in [-0.1, -0.05) is 18.2 Å². The van der Waals surface area contributed by atoms with E-state index in [0.717, 1.165) is 28.9 Å². The van der Waals surface area contributed by atoms with Crippen LogP contribution in [0.3, 0.4) is 0 Å². The molecule has 0 fully saturated rings. The SMILES string of the molecule is CC(=O)Nc1cccc2c1CCN(C(=O)N[C@@H](C)c1ccc(F)c(F)c1)C2. The summed E-state index contributed by atoms with van der Waals surface area (Å²) >= 11 is 0. The number of amides is 3. The van der Waals surface area contributed by atoms with E-state index in [1.807, 2.05) is 18.2 Å². The Morgan fingerprint density at radius 3 is 2.63 bits per heavy atom. The number of halogens is 2. The number of carbonyl (C=O) groups excluding carboxylic acids is 2. The topological polar surface area (TPSA) is 61.4 Å². The molecule has 0 radical (unpaired) electrons. The zero-order chi connectivity index (χ0) is 19.6. The Labute approximate surface area is 156 Å². The number of fused-ring (bicyclic) bond motifs is 1. The Hall–Kier alpha value is -2.96. The van der Waals surface area contributed by atoms with Crippen LogP contribution in [0.1, 0.15) is 36.6 Å². The first kappa shape index (κ1) is 18.8. The number of urea groups is 1. The molecule has 1 heterocycles. The van der Waals surface area contributed by atoms with Crippen molar-refractivity contribution >= 4 is 17.6 Å². The molecule has 0 unspecified atom stereocenters. The molecule has 0 aromatic heterocycles. The number of anilines is 1. The molecule has 1 aliphatic heterocycles. The number of nitrogens with one attached hydrogen (secondary N) is 2. The summed E-state index contributed by atoms with van der Waals surface area (Å²) in [5.74, 6) is -1.99. The summed E-state index contributed by atoms with van der Waals surface area (Å²) in [6, 6.07) is 8.48. The van der Waals surface area contributed by atoms with E-state index in [4.69, 9.17) is 0 Å². The normalized spacial score (nSPS) is 14.3. The van der Waals surface area contributed by atoms with Crippen molar-refractivity contribution in [2.45, 2.75) is 32.9 Å². The second-order valence-corrected chi connectivity index (χ2v) is 6.64. The van der Waals surface area contributed by atoms with Crippen molar-refractivity contribution in [1.82, 2.24) is 10.2 Å². The summed E-state index contributed by atoms with van der Waals surface area (Å²) in [7, 11) is 0. The maximum atomic E-state index is 13.4. The highest BCUT2D eigenvalue weighted by atomic mass is 19.2. The predicted octanol–water partition coefficient (Wildman–Crippen LogP) is 3.75. The molecule has 3 rings (SSSR count). The molecule has 0 saturated heterocycles. The molecule has 0 spiro atoms. The van der Waals surface area contributed by atoms with E-state index in [-0.39, 0.29) is 11.9 Å². The maximum Gasteiger partial charge on any atom is 0.318 e. The number of hydrogen-bond acceptors (Lipinski definition) is 2. The van der Waals surface area contributed by atoms with Gasteiger partial charge in [-0.15, -0.1) is 0 Å². The molecule has 0 aliphatic carbocycles. The Balaban J connectivity index is 1.68. The van der Waals surface area contributed by atoms with Crippen molar-refractivity contribution in [1.29, 1.82) is 0 Å². The van der Waals surface area contributed by atoms with Gasteiger partial charge in [0.25, 0.3) is 0 Å². The minimum absolute atomic E-state index is 0.135. The van der Waals surface area contributed by atoms with Crippen molar-refractivity contribution in [3.63, 3.8) is 0 Å². The zero-order valence-electron chi connectivity index (χ0n) is 15.2. The minimum Gasteiger partial charge on any atom is -0.331 e. The first-order valence-electron chi connectivity index (χ1n) is 8.74. The largest absolute Gasteiger partial charge is 0.331 e. The van der Waals surface area contributed by atoms with Crippen molar-refractivity contribution in [2.24, 2.45) is 0 Å². The number of rotatable bonds is 3. The first-order valence-corrected chi connectivity index (χ1v) is 8.74. The van der Waals surface area contributed by atoms with E-state index < -0.39 is 17.7 Å². The number of hydrogen-bond donors (Lipinski definition) is 2. The fourth-order valence-electron chi connectivity index (χ4n) is 3.23. The number of benzene rings is 2. The highest BCUT2D eigenvalue weighted by molar-refractivity contribution is 5.90. The van der Waals surface area contributed by atoms with Gasteiger partial charge in [0.1, 0.15) is 0 Å². The third-order valence-electron chi connectivity index (χ3n) is 4.65. The average molecular weight is 373 g/mol. The van der Waals surface area contributed by atoms with Gasteiger partial charge < -0.3 is 15.5 Å². The van der Waals surface area contributed by atoms with Gasteiger partial charge in [0.05, 0.1) is 6.04 Å². The second-order valence-electron chi connectivity index (χ2n) is 6.64. The van der Waals surface area contributed by atoms with E-state index in [2.05, 4.69) is 10.6 Å². The molecule has 1 atom stereocenters. The molecular formula is C20H21F2N3O2. The average Bonchev–Trinajstić information content (AvgIpc) is 2.63. The lowest BCUT2D eigenvalue weighted by Gasteiger charge is -2.31. The predicted molar refractivity (Wildman–Crippen MR) is 98.2 cm³/mol. The van der Waals surface area contributed by atoms with E-state index in [1.165, 1.54) is 13.0 Å². The molecular weight excluding hydrogens is 352 g/mol. The Morgan fingerprint density at radius 2 is 1.93 bits per heavy atom. The van der Waals surface area contributed by atoms with Crippen molar-refractivity contribution in [2.75, 3.05) is 11.9 Å². The molecule has 0 saturated carbocycles. The van der Waals surface area contributed by atoms with Crippen LogP contribution in [0, 0.1) is 11.6 Å². The van der Waals surface area contributed by atoms with Gasteiger partial charge in [-0.3, -0.25) is 4.79 Å². The number of carbonyl (C=O) groups is 2. The van der Waals surface area contributed by atoms with Crippen LogP contribution in [-0.2, 0) is 17.8 Å². The Bertz CT molecular complexity index is 886. The van der Waals surface area contributed by atoms with Gasteiger partial charge in [-0.25, -0.2) is 13.6 Å². The lowest BCUT2D eigenvalue weighted by molar-refractivity contribution is -0.114. The highest BCUT2D eigenvalue weighted by Gasteiger charge is 2.24. The second kappa shape index (κ2) is 7.73. The van der Waals surface area contributed by atoms with Gasteiger partial charge in [0.2, 0.25) is 5.91 Å². The molecule has 7 heteroatoms. The van der Waals surface area contributed by atoms with Crippen LogP contribution in [-0.4, -0.2) is 23.4 Å². The molecule has 0 bridgehead atoms. The molecule has 27 heavy (non-hydrogen) atoms. The van der Waals surface area contributed by atoms with Crippen LogP contribution >= 0.6 is 0 Å². The van der Waals surface area contributed by atoms with Gasteiger partial charge >= 0.3 is 6.03 Å². The molecule has 2 aromatic carbocycles. The van der Waals surface area contributed by atoms with Crippen LogP contribution in [0.25, 0.3) is 0 Å². The van der Waals surface area contributed by atoms with Crippen molar-refractivity contribution in [3.05, 3.63) is 64.7 Å².